The number of carbonyl (C=O) groups is 3. The number of rotatable bonds is 5. The van der Waals surface area contributed by atoms with E-state index in [9.17, 15) is 14.4 Å². The van der Waals surface area contributed by atoms with Gasteiger partial charge in [-0.25, -0.2) is 0 Å². The number of benzene rings is 2. The number of hydrogen-bond donors (Lipinski definition) is 2. The van der Waals surface area contributed by atoms with E-state index in [0.29, 0.717) is 18.7 Å². The van der Waals surface area contributed by atoms with Crippen molar-refractivity contribution in [2.24, 2.45) is 0 Å². The minimum absolute atomic E-state index is 0.108. The van der Waals surface area contributed by atoms with Crippen LogP contribution in [0.2, 0.25) is 0 Å². The maximum absolute atomic E-state index is 12.6. The first-order valence-corrected chi connectivity index (χ1v) is 10.1. The highest BCUT2D eigenvalue weighted by molar-refractivity contribution is 7.80. The van der Waals surface area contributed by atoms with Gasteiger partial charge in [-0.1, -0.05) is 42.5 Å². The lowest BCUT2D eigenvalue weighted by molar-refractivity contribution is -0.147. The van der Waals surface area contributed by atoms with Crippen LogP contribution in [0.3, 0.4) is 0 Å². The standard InChI is InChI=1S/C22H23N3O4S/c1-2-29-19(26)14-18-21(28)23-12-13-25(18)22(30)24-20(27)17-10-8-16(9-11-17)15-6-4-3-5-7-15/h3-11,18H,2,12-14H2,1H3,(H,23,28)(H,24,27,30). The molecule has 7 nitrogen and oxygen atoms in total. The number of carbonyl (C=O) groups excluding carboxylic acids is 3. The Morgan fingerprint density at radius 3 is 2.47 bits per heavy atom. The lowest BCUT2D eigenvalue weighted by atomic mass is 10.0. The Morgan fingerprint density at radius 2 is 1.80 bits per heavy atom. The van der Waals surface area contributed by atoms with E-state index in [1.54, 1.807) is 24.0 Å². The van der Waals surface area contributed by atoms with Crippen molar-refractivity contribution in [1.82, 2.24) is 15.5 Å². The molecule has 0 saturated carbocycles. The maximum Gasteiger partial charge on any atom is 0.308 e. The summed E-state index contributed by atoms with van der Waals surface area (Å²) in [5.41, 5.74) is 2.50. The van der Waals surface area contributed by atoms with Crippen molar-refractivity contribution < 1.29 is 19.1 Å². The van der Waals surface area contributed by atoms with Gasteiger partial charge in [-0.15, -0.1) is 0 Å². The van der Waals surface area contributed by atoms with E-state index in [4.69, 9.17) is 17.0 Å². The van der Waals surface area contributed by atoms with Gasteiger partial charge in [-0.3, -0.25) is 19.7 Å². The van der Waals surface area contributed by atoms with E-state index in [-0.39, 0.29) is 30.0 Å². The molecule has 0 radical (unpaired) electrons. The zero-order chi connectivity index (χ0) is 21.5. The van der Waals surface area contributed by atoms with Crippen LogP contribution in [0.15, 0.2) is 54.6 Å². The van der Waals surface area contributed by atoms with E-state index in [1.807, 2.05) is 42.5 Å². The minimum atomic E-state index is -0.814. The number of ether oxygens (including phenoxy) is 1. The first kappa shape index (κ1) is 21.4. The molecular weight excluding hydrogens is 402 g/mol. The molecule has 0 bridgehead atoms. The van der Waals surface area contributed by atoms with E-state index >= 15 is 0 Å². The normalized spacial score (nSPS) is 15.8. The van der Waals surface area contributed by atoms with Crippen molar-refractivity contribution in [3.05, 3.63) is 60.2 Å². The van der Waals surface area contributed by atoms with Crippen LogP contribution in [0.1, 0.15) is 23.7 Å². The number of amides is 2. The second-order valence-electron chi connectivity index (χ2n) is 6.71. The average Bonchev–Trinajstić information content (AvgIpc) is 2.76. The van der Waals surface area contributed by atoms with E-state index in [2.05, 4.69) is 10.6 Å². The summed E-state index contributed by atoms with van der Waals surface area (Å²) in [5.74, 6) is -1.19. The zero-order valence-corrected chi connectivity index (χ0v) is 17.4. The lowest BCUT2D eigenvalue weighted by Crippen LogP contribution is -2.60. The number of esters is 1. The van der Waals surface area contributed by atoms with Crippen LogP contribution in [0, 0.1) is 0 Å². The van der Waals surface area contributed by atoms with E-state index < -0.39 is 12.0 Å². The van der Waals surface area contributed by atoms with Crippen LogP contribution in [0.25, 0.3) is 11.1 Å². The Kier molecular flexibility index (Phi) is 7.13. The van der Waals surface area contributed by atoms with Gasteiger partial charge in [0, 0.05) is 18.7 Å². The summed E-state index contributed by atoms with van der Waals surface area (Å²) in [6, 6.07) is 16.2. The second kappa shape index (κ2) is 9.98. The summed E-state index contributed by atoms with van der Waals surface area (Å²) in [5, 5.41) is 5.49. The van der Waals surface area contributed by atoms with Gasteiger partial charge in [0.05, 0.1) is 13.0 Å². The van der Waals surface area contributed by atoms with Gasteiger partial charge in [0.15, 0.2) is 5.11 Å². The zero-order valence-electron chi connectivity index (χ0n) is 16.6. The molecule has 0 aliphatic carbocycles. The van der Waals surface area contributed by atoms with Gasteiger partial charge >= 0.3 is 5.97 Å². The topological polar surface area (TPSA) is 87.7 Å². The van der Waals surface area contributed by atoms with Crippen LogP contribution < -0.4 is 10.6 Å². The molecule has 8 heteroatoms. The highest BCUT2D eigenvalue weighted by atomic mass is 32.1. The Morgan fingerprint density at radius 1 is 1.13 bits per heavy atom. The van der Waals surface area contributed by atoms with Crippen LogP contribution in [0.5, 0.6) is 0 Å². The lowest BCUT2D eigenvalue weighted by Gasteiger charge is -2.36. The Balaban J connectivity index is 1.67. The molecule has 30 heavy (non-hydrogen) atoms. The third kappa shape index (κ3) is 5.21. The molecule has 1 heterocycles. The maximum atomic E-state index is 12.6. The fourth-order valence-electron chi connectivity index (χ4n) is 3.22. The summed E-state index contributed by atoms with van der Waals surface area (Å²) in [6.07, 6.45) is -0.137. The van der Waals surface area contributed by atoms with Crippen LogP contribution in [-0.4, -0.2) is 53.5 Å². The molecule has 1 aliphatic rings. The largest absolute Gasteiger partial charge is 0.466 e. The number of nitrogens with one attached hydrogen (secondary N) is 2. The molecule has 2 aromatic carbocycles. The average molecular weight is 426 g/mol. The first-order chi connectivity index (χ1) is 14.5. The Hall–Kier alpha value is -3.26. The fraction of sp³-hybridized carbons (Fsp3) is 0.273. The SMILES string of the molecule is CCOC(=O)CC1C(=O)NCCN1C(=S)NC(=O)c1ccc(-c2ccccc2)cc1. The summed E-state index contributed by atoms with van der Waals surface area (Å²) in [6.45, 7) is 2.69. The van der Waals surface area contributed by atoms with Crippen LogP contribution in [-0.2, 0) is 14.3 Å². The van der Waals surface area contributed by atoms with Gasteiger partial charge in [0.1, 0.15) is 6.04 Å². The molecule has 0 spiro atoms. The predicted octanol–water partition coefficient (Wildman–Crippen LogP) is 2.12. The summed E-state index contributed by atoms with van der Waals surface area (Å²) in [7, 11) is 0. The number of thiocarbonyl (C=S) groups is 1. The fourth-order valence-corrected chi connectivity index (χ4v) is 3.54. The van der Waals surface area contributed by atoms with Gasteiger partial charge in [-0.05, 0) is 42.4 Å². The first-order valence-electron chi connectivity index (χ1n) is 9.70. The molecule has 2 N–H and O–H groups in total. The van der Waals surface area contributed by atoms with E-state index in [0.717, 1.165) is 11.1 Å². The third-order valence-corrected chi connectivity index (χ3v) is 5.07. The molecule has 2 amide bonds. The molecule has 1 aliphatic heterocycles. The molecule has 1 fully saturated rings. The van der Waals surface area contributed by atoms with Crippen LogP contribution in [0.4, 0.5) is 0 Å². The van der Waals surface area contributed by atoms with Crippen molar-refractivity contribution in [2.75, 3.05) is 19.7 Å². The Labute approximate surface area is 180 Å². The molecule has 2 aromatic rings. The monoisotopic (exact) mass is 425 g/mol. The van der Waals surface area contributed by atoms with E-state index in [1.165, 1.54) is 0 Å². The smallest absolute Gasteiger partial charge is 0.308 e. The highest BCUT2D eigenvalue weighted by Crippen LogP contribution is 2.19. The molecular formula is C22H23N3O4S. The summed E-state index contributed by atoms with van der Waals surface area (Å²) >= 11 is 5.36. The van der Waals surface area contributed by atoms with Gasteiger partial charge < -0.3 is 15.0 Å². The highest BCUT2D eigenvalue weighted by Gasteiger charge is 2.34. The molecule has 0 aromatic heterocycles. The van der Waals surface area contributed by atoms with Gasteiger partial charge in [-0.2, -0.15) is 0 Å². The number of hydrogen-bond acceptors (Lipinski definition) is 5. The molecule has 1 unspecified atom stereocenters. The van der Waals surface area contributed by atoms with Crippen molar-refractivity contribution in [2.45, 2.75) is 19.4 Å². The van der Waals surface area contributed by atoms with Crippen molar-refractivity contribution in [1.29, 1.82) is 0 Å². The van der Waals surface area contributed by atoms with Crippen molar-refractivity contribution in [3.63, 3.8) is 0 Å². The van der Waals surface area contributed by atoms with Gasteiger partial charge in [0.2, 0.25) is 5.91 Å². The summed E-state index contributed by atoms with van der Waals surface area (Å²) < 4.78 is 4.94. The third-order valence-electron chi connectivity index (χ3n) is 4.73. The number of piperazine rings is 1. The number of nitrogens with zero attached hydrogens (tertiary/aromatic N) is 1. The van der Waals surface area contributed by atoms with Crippen molar-refractivity contribution in [3.8, 4) is 11.1 Å². The Bertz CT molecular complexity index is 931. The summed E-state index contributed by atoms with van der Waals surface area (Å²) in [4.78, 5) is 38.3. The minimum Gasteiger partial charge on any atom is -0.466 e. The molecule has 156 valence electrons. The molecule has 3 rings (SSSR count). The molecule has 1 saturated heterocycles. The molecule has 1 atom stereocenters. The quantitative estimate of drug-likeness (QED) is 0.564. The van der Waals surface area contributed by atoms with Gasteiger partial charge in [0.25, 0.3) is 5.91 Å². The predicted molar refractivity (Wildman–Crippen MR) is 117 cm³/mol. The van der Waals surface area contributed by atoms with Crippen molar-refractivity contribution >= 4 is 35.1 Å². The second-order valence-corrected chi connectivity index (χ2v) is 7.10. The van der Waals surface area contributed by atoms with Crippen LogP contribution >= 0.6 is 12.2 Å².